The van der Waals surface area contributed by atoms with Gasteiger partial charge in [-0.2, -0.15) is 5.10 Å². The van der Waals surface area contributed by atoms with E-state index in [4.69, 9.17) is 4.98 Å². The van der Waals surface area contributed by atoms with Crippen LogP contribution in [0.3, 0.4) is 0 Å². The van der Waals surface area contributed by atoms with Crippen LogP contribution in [0.15, 0.2) is 18.7 Å². The number of aryl methyl sites for hydroxylation is 2. The van der Waals surface area contributed by atoms with Gasteiger partial charge in [0.2, 0.25) is 0 Å². The highest BCUT2D eigenvalue weighted by atomic mass is 16.2. The molecule has 1 aliphatic carbocycles. The lowest BCUT2D eigenvalue weighted by molar-refractivity contribution is 0.0764. The summed E-state index contributed by atoms with van der Waals surface area (Å²) >= 11 is 0. The van der Waals surface area contributed by atoms with Gasteiger partial charge >= 0.3 is 0 Å². The van der Waals surface area contributed by atoms with E-state index in [0.717, 1.165) is 67.1 Å². The summed E-state index contributed by atoms with van der Waals surface area (Å²) in [6, 6.07) is 2.03. The second-order valence-corrected chi connectivity index (χ2v) is 7.51. The molecule has 138 valence electrons. The zero-order chi connectivity index (χ0) is 18.3. The predicted octanol–water partition coefficient (Wildman–Crippen LogP) is 2.49. The molecule has 0 spiro atoms. The molecule has 0 radical (unpaired) electrons. The molecule has 2 fully saturated rings. The highest BCUT2D eigenvalue weighted by molar-refractivity contribution is 6.06. The molecule has 1 saturated carbocycles. The summed E-state index contributed by atoms with van der Waals surface area (Å²) in [5, 5.41) is 5.43. The predicted molar refractivity (Wildman–Crippen MR) is 102 cm³/mol. The number of nitrogens with zero attached hydrogens (tertiary/aromatic N) is 5. The normalized spacial score (nSPS) is 18.9. The number of carbonyl (C=O) groups is 1. The zero-order valence-electron chi connectivity index (χ0n) is 15.7. The average molecular weight is 353 g/mol. The van der Waals surface area contributed by atoms with E-state index in [1.807, 2.05) is 35.7 Å². The molecule has 0 aromatic carbocycles. The van der Waals surface area contributed by atoms with Gasteiger partial charge in [0.05, 0.1) is 16.6 Å². The molecule has 1 amide bonds. The Labute approximate surface area is 154 Å². The van der Waals surface area contributed by atoms with Crippen molar-refractivity contribution in [3.05, 3.63) is 35.7 Å². The Morgan fingerprint density at radius 2 is 2.12 bits per heavy atom. The topological polar surface area (TPSA) is 54.3 Å². The van der Waals surface area contributed by atoms with Crippen LogP contribution in [0.25, 0.3) is 11.0 Å². The molecular formula is C20H27N5O. The van der Waals surface area contributed by atoms with Crippen molar-refractivity contribution in [2.24, 2.45) is 7.05 Å². The molecule has 1 aliphatic heterocycles. The molecule has 0 N–H and O–H groups in total. The standard InChI is InChI=1S/C20H27N5O/c1-4-8-24-9-5-10-25(12-11-24)20(26)16-13-17(15-6-7-15)21-19-18(16)14(2)22-23(19)3/h4,13,15H,1,5-12H2,2-3H3. The second kappa shape index (κ2) is 6.83. The highest BCUT2D eigenvalue weighted by Crippen LogP contribution is 2.40. The van der Waals surface area contributed by atoms with Crippen LogP contribution in [0.1, 0.15) is 46.9 Å². The van der Waals surface area contributed by atoms with Crippen LogP contribution in [0.5, 0.6) is 0 Å². The summed E-state index contributed by atoms with van der Waals surface area (Å²) < 4.78 is 1.81. The van der Waals surface area contributed by atoms with Gasteiger partial charge in [-0.15, -0.1) is 6.58 Å². The molecule has 4 rings (SSSR count). The van der Waals surface area contributed by atoms with Crippen molar-refractivity contribution in [1.82, 2.24) is 24.6 Å². The van der Waals surface area contributed by atoms with Crippen molar-refractivity contribution < 1.29 is 4.79 Å². The Bertz CT molecular complexity index is 851. The summed E-state index contributed by atoms with van der Waals surface area (Å²) in [5.74, 6) is 0.629. The van der Waals surface area contributed by atoms with E-state index in [0.29, 0.717) is 5.92 Å². The van der Waals surface area contributed by atoms with Crippen molar-refractivity contribution in [3.63, 3.8) is 0 Å². The van der Waals surface area contributed by atoms with Crippen molar-refractivity contribution in [2.75, 3.05) is 32.7 Å². The van der Waals surface area contributed by atoms with E-state index < -0.39 is 0 Å². The summed E-state index contributed by atoms with van der Waals surface area (Å²) in [7, 11) is 1.91. The first-order valence-corrected chi connectivity index (χ1v) is 9.55. The number of aromatic nitrogens is 3. The van der Waals surface area contributed by atoms with Gasteiger partial charge in [0, 0.05) is 51.4 Å². The van der Waals surface area contributed by atoms with Gasteiger partial charge in [0.1, 0.15) is 0 Å². The van der Waals surface area contributed by atoms with Crippen LogP contribution < -0.4 is 0 Å². The van der Waals surface area contributed by atoms with E-state index in [-0.39, 0.29) is 5.91 Å². The average Bonchev–Trinajstić information content (AvgIpc) is 3.44. The molecule has 6 heteroatoms. The molecule has 3 heterocycles. The zero-order valence-corrected chi connectivity index (χ0v) is 15.7. The lowest BCUT2D eigenvalue weighted by Crippen LogP contribution is -2.35. The number of carbonyl (C=O) groups excluding carboxylic acids is 1. The second-order valence-electron chi connectivity index (χ2n) is 7.51. The van der Waals surface area contributed by atoms with Crippen molar-refractivity contribution in [1.29, 1.82) is 0 Å². The first-order chi connectivity index (χ1) is 12.6. The van der Waals surface area contributed by atoms with E-state index in [1.165, 1.54) is 12.8 Å². The smallest absolute Gasteiger partial charge is 0.254 e. The summed E-state index contributed by atoms with van der Waals surface area (Å²) in [6.07, 6.45) is 5.27. The van der Waals surface area contributed by atoms with Gasteiger partial charge in [0.25, 0.3) is 5.91 Å². The van der Waals surface area contributed by atoms with Gasteiger partial charge in [-0.1, -0.05) is 6.08 Å². The number of pyridine rings is 1. The maximum absolute atomic E-state index is 13.4. The van der Waals surface area contributed by atoms with Gasteiger partial charge in [0.15, 0.2) is 5.65 Å². The number of hydrogen-bond donors (Lipinski definition) is 0. The van der Waals surface area contributed by atoms with Gasteiger partial charge in [-0.3, -0.25) is 14.4 Å². The number of amides is 1. The monoisotopic (exact) mass is 353 g/mol. The van der Waals surface area contributed by atoms with Crippen LogP contribution in [0.4, 0.5) is 0 Å². The maximum Gasteiger partial charge on any atom is 0.254 e. The van der Waals surface area contributed by atoms with E-state index >= 15 is 0 Å². The Morgan fingerprint density at radius 1 is 1.31 bits per heavy atom. The molecule has 0 bridgehead atoms. The number of fused-ring (bicyclic) bond motifs is 1. The Hall–Kier alpha value is -2.21. The largest absolute Gasteiger partial charge is 0.337 e. The Kier molecular flexibility index (Phi) is 4.53. The molecule has 26 heavy (non-hydrogen) atoms. The first-order valence-electron chi connectivity index (χ1n) is 9.55. The minimum atomic E-state index is 0.121. The van der Waals surface area contributed by atoms with Crippen molar-refractivity contribution in [3.8, 4) is 0 Å². The Morgan fingerprint density at radius 3 is 2.85 bits per heavy atom. The molecule has 2 aliphatic rings. The molecule has 6 nitrogen and oxygen atoms in total. The van der Waals surface area contributed by atoms with Crippen LogP contribution in [0, 0.1) is 6.92 Å². The maximum atomic E-state index is 13.4. The van der Waals surface area contributed by atoms with E-state index in [9.17, 15) is 4.79 Å². The van der Waals surface area contributed by atoms with Gasteiger partial charge < -0.3 is 4.90 Å². The lowest BCUT2D eigenvalue weighted by Gasteiger charge is -2.22. The SMILES string of the molecule is C=CCN1CCCN(C(=O)c2cc(C3CC3)nc3c2c(C)nn3C)CC1. The number of hydrogen-bond acceptors (Lipinski definition) is 4. The van der Waals surface area contributed by atoms with E-state index in [1.54, 1.807) is 0 Å². The molecule has 1 saturated heterocycles. The van der Waals surface area contributed by atoms with E-state index in [2.05, 4.69) is 16.6 Å². The quantitative estimate of drug-likeness (QED) is 0.793. The third-order valence-corrected chi connectivity index (χ3v) is 5.48. The minimum absolute atomic E-state index is 0.121. The molecule has 0 unspecified atom stereocenters. The Balaban J connectivity index is 1.68. The van der Waals surface area contributed by atoms with Crippen LogP contribution in [-0.2, 0) is 7.05 Å². The van der Waals surface area contributed by atoms with Crippen molar-refractivity contribution in [2.45, 2.75) is 32.1 Å². The van der Waals surface area contributed by atoms with Crippen LogP contribution >= 0.6 is 0 Å². The summed E-state index contributed by atoms with van der Waals surface area (Å²) in [4.78, 5) is 22.6. The summed E-state index contributed by atoms with van der Waals surface area (Å²) in [6.45, 7) is 10.1. The molecule has 0 atom stereocenters. The fraction of sp³-hybridized carbons (Fsp3) is 0.550. The first kappa shape index (κ1) is 17.2. The fourth-order valence-electron chi connectivity index (χ4n) is 3.93. The van der Waals surface area contributed by atoms with Gasteiger partial charge in [-0.25, -0.2) is 4.98 Å². The molecule has 2 aromatic rings. The third kappa shape index (κ3) is 3.14. The minimum Gasteiger partial charge on any atom is -0.337 e. The van der Waals surface area contributed by atoms with Crippen LogP contribution in [-0.4, -0.2) is 63.2 Å². The molecular weight excluding hydrogens is 326 g/mol. The third-order valence-electron chi connectivity index (χ3n) is 5.48. The number of rotatable bonds is 4. The lowest BCUT2D eigenvalue weighted by atomic mass is 10.1. The summed E-state index contributed by atoms with van der Waals surface area (Å²) in [5.41, 5.74) is 3.54. The highest BCUT2D eigenvalue weighted by Gasteiger charge is 2.30. The molecule has 2 aromatic heterocycles. The van der Waals surface area contributed by atoms with Gasteiger partial charge in [-0.05, 0) is 32.3 Å². The van der Waals surface area contributed by atoms with Crippen molar-refractivity contribution >= 4 is 16.9 Å². The fourth-order valence-corrected chi connectivity index (χ4v) is 3.93. The van der Waals surface area contributed by atoms with Crippen LogP contribution in [0.2, 0.25) is 0 Å².